The number of fused-ring (bicyclic) bond motifs is 3. The number of guanidine groups is 1. The minimum absolute atomic E-state index is 0.0653. The first-order chi connectivity index (χ1) is 13.1. The number of benzene rings is 1. The van der Waals surface area contributed by atoms with Crippen LogP contribution >= 0.6 is 0 Å². The van der Waals surface area contributed by atoms with Crippen LogP contribution in [0.4, 0.5) is 5.82 Å². The molecule has 0 saturated heterocycles. The van der Waals surface area contributed by atoms with Crippen LogP contribution in [-0.2, 0) is 22.4 Å². The van der Waals surface area contributed by atoms with Crippen LogP contribution < -0.4 is 17.2 Å². The van der Waals surface area contributed by atoms with E-state index >= 15 is 0 Å². The molecule has 27 heavy (non-hydrogen) atoms. The number of nitrogens with two attached hydrogens (primary N) is 3. The summed E-state index contributed by atoms with van der Waals surface area (Å²) in [5, 5.41) is 1.01. The highest BCUT2D eigenvalue weighted by Crippen LogP contribution is 2.28. The number of aliphatic imine (C=N–C) groups is 1. The van der Waals surface area contributed by atoms with Gasteiger partial charge in [-0.2, -0.15) is 0 Å². The molecule has 2 heterocycles. The summed E-state index contributed by atoms with van der Waals surface area (Å²) in [7, 11) is 1.67. The summed E-state index contributed by atoms with van der Waals surface area (Å²) in [5.41, 5.74) is 19.3. The maximum absolute atomic E-state index is 6.17. The van der Waals surface area contributed by atoms with Gasteiger partial charge in [-0.1, -0.05) is 18.2 Å². The molecule has 144 valence electrons. The smallest absolute Gasteiger partial charge is 0.185 e. The first kappa shape index (κ1) is 18.9. The Morgan fingerprint density at radius 1 is 1.15 bits per heavy atom. The van der Waals surface area contributed by atoms with Gasteiger partial charge in [-0.05, 0) is 6.07 Å². The summed E-state index contributed by atoms with van der Waals surface area (Å²) >= 11 is 0. The molecule has 0 saturated carbocycles. The third-order valence-electron chi connectivity index (χ3n) is 4.21. The maximum Gasteiger partial charge on any atom is 0.185 e. The average Bonchev–Trinajstić information content (AvgIpc) is 3.02. The third-order valence-corrected chi connectivity index (χ3v) is 4.21. The maximum atomic E-state index is 6.17. The third kappa shape index (κ3) is 4.26. The van der Waals surface area contributed by atoms with E-state index < -0.39 is 0 Å². The normalized spacial score (nSPS) is 11.3. The van der Waals surface area contributed by atoms with Crippen LogP contribution in [0.25, 0.3) is 21.9 Å². The Hall–Kier alpha value is -2.91. The number of hydrogen-bond acceptors (Lipinski definition) is 6. The highest BCUT2D eigenvalue weighted by Gasteiger charge is 2.16. The van der Waals surface area contributed by atoms with E-state index in [0.717, 1.165) is 22.2 Å². The molecule has 0 unspecified atom stereocenters. The van der Waals surface area contributed by atoms with Crippen molar-refractivity contribution in [3.8, 4) is 0 Å². The summed E-state index contributed by atoms with van der Waals surface area (Å²) in [6, 6.07) is 7.91. The minimum atomic E-state index is 0.0653. The van der Waals surface area contributed by atoms with E-state index in [1.54, 1.807) is 7.11 Å². The SMILES string of the molecule is COCCc1nc2c(N)nc3ccccc3c2n1CCOCCN=C(N)N. The number of ether oxygens (including phenoxy) is 2. The van der Waals surface area contributed by atoms with Crippen molar-refractivity contribution in [1.29, 1.82) is 0 Å². The lowest BCUT2D eigenvalue weighted by Crippen LogP contribution is -2.23. The van der Waals surface area contributed by atoms with Crippen LogP contribution in [-0.4, -0.2) is 54.0 Å². The molecule has 9 nitrogen and oxygen atoms in total. The van der Waals surface area contributed by atoms with Gasteiger partial charge in [0.05, 0.1) is 37.4 Å². The molecular formula is C18H25N7O2. The standard InChI is InChI=1S/C18H25N7O2/c1-26-9-6-14-24-15-16(12-4-2-3-5-13(12)23-17(15)19)25(14)8-11-27-10-7-22-18(20)21/h2-5H,6-11H2,1H3,(H2,19,23)(H4,20,21,22). The van der Waals surface area contributed by atoms with Crippen molar-refractivity contribution < 1.29 is 9.47 Å². The second-order valence-corrected chi connectivity index (χ2v) is 6.05. The molecule has 1 aromatic carbocycles. The number of para-hydroxylation sites is 1. The Balaban J connectivity index is 1.91. The number of aromatic nitrogens is 3. The Kier molecular flexibility index (Phi) is 6.05. The fourth-order valence-corrected chi connectivity index (χ4v) is 3.03. The molecule has 0 spiro atoms. The number of anilines is 1. The first-order valence-corrected chi connectivity index (χ1v) is 8.77. The molecule has 3 rings (SSSR count). The predicted molar refractivity (Wildman–Crippen MR) is 107 cm³/mol. The molecule has 6 N–H and O–H groups in total. The predicted octanol–water partition coefficient (Wildman–Crippen LogP) is 0.646. The average molecular weight is 371 g/mol. The second kappa shape index (κ2) is 8.65. The second-order valence-electron chi connectivity index (χ2n) is 6.05. The molecule has 0 fully saturated rings. The van der Waals surface area contributed by atoms with Crippen molar-refractivity contribution in [1.82, 2.24) is 14.5 Å². The van der Waals surface area contributed by atoms with Crippen molar-refractivity contribution >= 4 is 33.7 Å². The molecule has 0 bridgehead atoms. The van der Waals surface area contributed by atoms with Crippen molar-refractivity contribution in [3.63, 3.8) is 0 Å². The number of imidazole rings is 1. The van der Waals surface area contributed by atoms with E-state index in [2.05, 4.69) is 14.5 Å². The highest BCUT2D eigenvalue weighted by atomic mass is 16.5. The van der Waals surface area contributed by atoms with E-state index in [1.807, 2.05) is 24.3 Å². The van der Waals surface area contributed by atoms with Crippen molar-refractivity contribution in [2.75, 3.05) is 39.2 Å². The lowest BCUT2D eigenvalue weighted by molar-refractivity contribution is 0.133. The number of nitrogen functional groups attached to an aromatic ring is 1. The van der Waals surface area contributed by atoms with E-state index in [-0.39, 0.29) is 5.96 Å². The lowest BCUT2D eigenvalue weighted by atomic mass is 10.2. The minimum Gasteiger partial charge on any atom is -0.384 e. The summed E-state index contributed by atoms with van der Waals surface area (Å²) in [6.07, 6.45) is 0.674. The van der Waals surface area contributed by atoms with Crippen LogP contribution in [0.3, 0.4) is 0 Å². The van der Waals surface area contributed by atoms with E-state index in [0.29, 0.717) is 50.7 Å². The van der Waals surface area contributed by atoms with Gasteiger partial charge in [0.1, 0.15) is 11.3 Å². The van der Waals surface area contributed by atoms with Crippen LogP contribution in [0.5, 0.6) is 0 Å². The van der Waals surface area contributed by atoms with Crippen molar-refractivity contribution in [2.45, 2.75) is 13.0 Å². The van der Waals surface area contributed by atoms with E-state index in [4.69, 9.17) is 31.7 Å². The quantitative estimate of drug-likeness (QED) is 0.285. The molecule has 0 radical (unpaired) electrons. The number of methoxy groups -OCH3 is 1. The molecule has 9 heteroatoms. The van der Waals surface area contributed by atoms with Gasteiger partial charge in [0.15, 0.2) is 11.8 Å². The van der Waals surface area contributed by atoms with Crippen molar-refractivity contribution in [3.05, 3.63) is 30.1 Å². The lowest BCUT2D eigenvalue weighted by Gasteiger charge is -2.11. The molecule has 3 aromatic rings. The number of pyridine rings is 1. The Morgan fingerprint density at radius 2 is 1.96 bits per heavy atom. The van der Waals surface area contributed by atoms with E-state index in [9.17, 15) is 0 Å². The zero-order chi connectivity index (χ0) is 19.2. The zero-order valence-electron chi connectivity index (χ0n) is 15.4. The summed E-state index contributed by atoms with van der Waals surface area (Å²) < 4.78 is 13.0. The topological polar surface area (TPSA) is 140 Å². The van der Waals surface area contributed by atoms with E-state index in [1.165, 1.54) is 0 Å². The van der Waals surface area contributed by atoms with Gasteiger partial charge in [-0.25, -0.2) is 9.97 Å². The molecular weight excluding hydrogens is 346 g/mol. The van der Waals surface area contributed by atoms with Crippen molar-refractivity contribution in [2.24, 2.45) is 16.5 Å². The highest BCUT2D eigenvalue weighted by molar-refractivity contribution is 6.06. The largest absolute Gasteiger partial charge is 0.384 e. The Bertz CT molecular complexity index is 948. The molecule has 0 aliphatic rings. The van der Waals surface area contributed by atoms with Gasteiger partial charge in [0, 0.05) is 25.5 Å². The van der Waals surface area contributed by atoms with Gasteiger partial charge in [-0.3, -0.25) is 4.99 Å². The first-order valence-electron chi connectivity index (χ1n) is 8.77. The van der Waals surface area contributed by atoms with Gasteiger partial charge >= 0.3 is 0 Å². The Labute approximate surface area is 157 Å². The van der Waals surface area contributed by atoms with Crippen LogP contribution in [0.1, 0.15) is 5.82 Å². The number of hydrogen-bond donors (Lipinski definition) is 3. The van der Waals surface area contributed by atoms with Gasteiger partial charge < -0.3 is 31.2 Å². The van der Waals surface area contributed by atoms with Gasteiger partial charge in [0.25, 0.3) is 0 Å². The Morgan fingerprint density at radius 3 is 2.74 bits per heavy atom. The van der Waals surface area contributed by atoms with Crippen LogP contribution in [0, 0.1) is 0 Å². The molecule has 0 amide bonds. The summed E-state index contributed by atoms with van der Waals surface area (Å²) in [6.45, 7) is 2.58. The van der Waals surface area contributed by atoms with Crippen LogP contribution in [0.15, 0.2) is 29.3 Å². The molecule has 2 aromatic heterocycles. The molecule has 0 atom stereocenters. The summed E-state index contributed by atoms with van der Waals surface area (Å²) in [4.78, 5) is 13.1. The molecule has 0 aliphatic carbocycles. The number of nitrogens with zero attached hydrogens (tertiary/aromatic N) is 4. The monoisotopic (exact) mass is 371 g/mol. The fraction of sp³-hybridized carbons (Fsp3) is 0.389. The number of rotatable bonds is 9. The van der Waals surface area contributed by atoms with Crippen LogP contribution in [0.2, 0.25) is 0 Å². The fourth-order valence-electron chi connectivity index (χ4n) is 3.03. The molecule has 0 aliphatic heterocycles. The van der Waals surface area contributed by atoms with Gasteiger partial charge in [-0.15, -0.1) is 0 Å². The summed E-state index contributed by atoms with van der Waals surface area (Å²) in [5.74, 6) is 1.38. The van der Waals surface area contributed by atoms with Gasteiger partial charge in [0.2, 0.25) is 0 Å². The zero-order valence-corrected chi connectivity index (χ0v) is 15.4.